The van der Waals surface area contributed by atoms with Crippen molar-refractivity contribution in [3.8, 4) is 11.6 Å². The molecule has 1 heterocycles. The molecule has 0 fully saturated rings. The van der Waals surface area contributed by atoms with E-state index in [0.717, 1.165) is 31.7 Å². The Hall–Kier alpha value is -3.34. The van der Waals surface area contributed by atoms with Crippen LogP contribution in [0.5, 0.6) is 11.6 Å². The summed E-state index contributed by atoms with van der Waals surface area (Å²) in [6.07, 6.45) is -2.45. The van der Waals surface area contributed by atoms with Gasteiger partial charge in [-0.15, -0.1) is 0 Å². The molecule has 0 saturated carbocycles. The molecule has 11 heteroatoms. The lowest BCUT2D eigenvalue weighted by Crippen LogP contribution is -2.24. The molecule has 0 bridgehead atoms. The summed E-state index contributed by atoms with van der Waals surface area (Å²) in [5, 5.41) is 13.5. The van der Waals surface area contributed by atoms with Gasteiger partial charge >= 0.3 is 12.3 Å². The van der Waals surface area contributed by atoms with Crippen LogP contribution in [0.15, 0.2) is 36.4 Å². The number of aromatic nitrogens is 1. The van der Waals surface area contributed by atoms with Crippen molar-refractivity contribution < 1.29 is 32.6 Å². The molecular formula is C21H25F3N4O4. The van der Waals surface area contributed by atoms with E-state index in [1.165, 1.54) is 24.3 Å². The van der Waals surface area contributed by atoms with Gasteiger partial charge in [-0.1, -0.05) is 18.9 Å². The molecule has 5 N–H and O–H groups in total. The van der Waals surface area contributed by atoms with Crippen molar-refractivity contribution >= 4 is 12.0 Å². The molecule has 1 aromatic heterocycles. The van der Waals surface area contributed by atoms with Crippen LogP contribution in [-0.2, 0) is 12.7 Å². The standard InChI is InChI=1S/C21H25F3N4O4/c22-21(23,24)17-10-14(13-27-20(30)31)11-18(28-17)32-16-7-5-6-15(12-16)19(29)26-9-4-2-1-3-8-25/h5-7,10-12,27H,1-4,8-9,13,25H2,(H,26,29)(H,30,31). The van der Waals surface area contributed by atoms with Gasteiger partial charge in [-0.05, 0) is 49.2 Å². The third-order valence-electron chi connectivity index (χ3n) is 4.33. The Labute approximate surface area is 183 Å². The number of ether oxygens (including phenoxy) is 1. The van der Waals surface area contributed by atoms with E-state index in [9.17, 15) is 22.8 Å². The third kappa shape index (κ3) is 8.42. The third-order valence-corrected chi connectivity index (χ3v) is 4.33. The first kappa shape index (κ1) is 24.9. The molecule has 2 amide bonds. The summed E-state index contributed by atoms with van der Waals surface area (Å²) in [7, 11) is 0. The number of nitrogens with two attached hydrogens (primary N) is 1. The van der Waals surface area contributed by atoms with Crippen LogP contribution < -0.4 is 21.1 Å². The van der Waals surface area contributed by atoms with Crippen molar-refractivity contribution in [3.63, 3.8) is 0 Å². The Bertz CT molecular complexity index is 922. The Balaban J connectivity index is 2.09. The highest BCUT2D eigenvalue weighted by atomic mass is 19.4. The maximum atomic E-state index is 13.2. The summed E-state index contributed by atoms with van der Waals surface area (Å²) in [5.41, 5.74) is 4.51. The lowest BCUT2D eigenvalue weighted by molar-refractivity contribution is -0.141. The average Bonchev–Trinajstić information content (AvgIpc) is 2.74. The van der Waals surface area contributed by atoms with Crippen LogP contribution in [0.4, 0.5) is 18.0 Å². The maximum absolute atomic E-state index is 13.2. The molecular weight excluding hydrogens is 429 g/mol. The van der Waals surface area contributed by atoms with E-state index in [2.05, 4.69) is 10.3 Å². The SMILES string of the molecule is NCCCCCCNC(=O)c1cccc(Oc2cc(CNC(=O)O)cc(C(F)(F)F)n2)c1. The molecule has 0 spiro atoms. The van der Waals surface area contributed by atoms with Crippen molar-refractivity contribution in [1.29, 1.82) is 0 Å². The van der Waals surface area contributed by atoms with Gasteiger partial charge in [0.05, 0.1) is 0 Å². The average molecular weight is 454 g/mol. The number of pyridine rings is 1. The zero-order valence-corrected chi connectivity index (χ0v) is 17.2. The van der Waals surface area contributed by atoms with Crippen molar-refractivity contribution in [3.05, 3.63) is 53.2 Å². The number of nitrogens with zero attached hydrogens (tertiary/aromatic N) is 1. The Morgan fingerprint density at radius 3 is 2.50 bits per heavy atom. The molecule has 32 heavy (non-hydrogen) atoms. The molecule has 0 aliphatic heterocycles. The van der Waals surface area contributed by atoms with Crippen LogP contribution >= 0.6 is 0 Å². The minimum absolute atomic E-state index is 0.0215. The fraction of sp³-hybridized carbons (Fsp3) is 0.381. The molecule has 174 valence electrons. The van der Waals surface area contributed by atoms with Crippen LogP contribution in [0.3, 0.4) is 0 Å². The van der Waals surface area contributed by atoms with Gasteiger partial charge < -0.3 is 26.2 Å². The number of carboxylic acid groups (broad SMARTS) is 1. The zero-order chi connectivity index (χ0) is 23.6. The first-order valence-corrected chi connectivity index (χ1v) is 10.00. The van der Waals surface area contributed by atoms with Gasteiger partial charge in [-0.3, -0.25) is 4.79 Å². The number of halogens is 3. The minimum Gasteiger partial charge on any atom is -0.465 e. The highest BCUT2D eigenvalue weighted by Gasteiger charge is 2.33. The first-order chi connectivity index (χ1) is 15.2. The van der Waals surface area contributed by atoms with Crippen LogP contribution in [0.2, 0.25) is 0 Å². The van der Waals surface area contributed by atoms with Crippen molar-refractivity contribution in [2.75, 3.05) is 13.1 Å². The molecule has 8 nitrogen and oxygen atoms in total. The highest BCUT2D eigenvalue weighted by Crippen LogP contribution is 2.31. The normalized spacial score (nSPS) is 11.1. The van der Waals surface area contributed by atoms with Gasteiger partial charge in [0.25, 0.3) is 5.91 Å². The number of carbonyl (C=O) groups is 2. The van der Waals surface area contributed by atoms with Crippen LogP contribution in [0, 0.1) is 0 Å². The second kappa shape index (κ2) is 11.9. The molecule has 2 aromatic rings. The van der Waals surface area contributed by atoms with Gasteiger partial charge in [0, 0.05) is 24.7 Å². The molecule has 0 radical (unpaired) electrons. The number of carbonyl (C=O) groups excluding carboxylic acids is 1. The lowest BCUT2D eigenvalue weighted by atomic mass is 10.1. The summed E-state index contributed by atoms with van der Waals surface area (Å²) in [5.74, 6) is -0.596. The van der Waals surface area contributed by atoms with E-state index in [-0.39, 0.29) is 35.2 Å². The maximum Gasteiger partial charge on any atom is 0.433 e. The summed E-state index contributed by atoms with van der Waals surface area (Å²) >= 11 is 0. The molecule has 0 saturated heterocycles. The van der Waals surface area contributed by atoms with Gasteiger partial charge in [0.15, 0.2) is 0 Å². The molecule has 1 aromatic carbocycles. The predicted molar refractivity (Wildman–Crippen MR) is 110 cm³/mol. The Morgan fingerprint density at radius 2 is 1.81 bits per heavy atom. The summed E-state index contributed by atoms with van der Waals surface area (Å²) in [6, 6.07) is 7.88. The molecule has 2 rings (SSSR count). The number of benzene rings is 1. The minimum atomic E-state index is -4.75. The van der Waals surface area contributed by atoms with Gasteiger partial charge in [-0.2, -0.15) is 13.2 Å². The van der Waals surface area contributed by atoms with Crippen LogP contribution in [0.25, 0.3) is 0 Å². The molecule has 0 atom stereocenters. The number of hydrogen-bond acceptors (Lipinski definition) is 5. The molecule has 0 aliphatic carbocycles. The lowest BCUT2D eigenvalue weighted by Gasteiger charge is -2.12. The smallest absolute Gasteiger partial charge is 0.433 e. The topological polar surface area (TPSA) is 127 Å². The first-order valence-electron chi connectivity index (χ1n) is 10.00. The fourth-order valence-corrected chi connectivity index (χ4v) is 2.78. The largest absolute Gasteiger partial charge is 0.465 e. The van der Waals surface area contributed by atoms with Crippen LogP contribution in [0.1, 0.15) is 47.3 Å². The Kier molecular flexibility index (Phi) is 9.26. The number of nitrogens with one attached hydrogen (secondary N) is 2. The quantitative estimate of drug-likeness (QED) is 0.382. The number of amides is 2. The summed E-state index contributed by atoms with van der Waals surface area (Å²) in [6.45, 7) is 0.770. The number of unbranched alkanes of at least 4 members (excludes halogenated alkanes) is 3. The van der Waals surface area contributed by atoms with E-state index in [0.29, 0.717) is 13.1 Å². The zero-order valence-electron chi connectivity index (χ0n) is 17.2. The number of hydrogen-bond donors (Lipinski definition) is 4. The Morgan fingerprint density at radius 1 is 1.06 bits per heavy atom. The highest BCUT2D eigenvalue weighted by molar-refractivity contribution is 5.94. The predicted octanol–water partition coefficient (Wildman–Crippen LogP) is 3.91. The van der Waals surface area contributed by atoms with E-state index in [1.807, 2.05) is 5.32 Å². The van der Waals surface area contributed by atoms with E-state index in [4.69, 9.17) is 15.6 Å². The van der Waals surface area contributed by atoms with Gasteiger partial charge in [0.1, 0.15) is 11.4 Å². The van der Waals surface area contributed by atoms with Crippen molar-refractivity contribution in [2.24, 2.45) is 5.73 Å². The summed E-state index contributed by atoms with van der Waals surface area (Å²) in [4.78, 5) is 26.4. The number of rotatable bonds is 11. The second-order valence-corrected chi connectivity index (χ2v) is 6.94. The van der Waals surface area contributed by atoms with Crippen molar-refractivity contribution in [2.45, 2.75) is 38.4 Å². The monoisotopic (exact) mass is 454 g/mol. The summed E-state index contributed by atoms with van der Waals surface area (Å²) < 4.78 is 44.9. The molecule has 0 unspecified atom stereocenters. The van der Waals surface area contributed by atoms with Crippen molar-refractivity contribution in [1.82, 2.24) is 15.6 Å². The number of alkyl halides is 3. The molecule has 0 aliphatic rings. The fourth-order valence-electron chi connectivity index (χ4n) is 2.78. The van der Waals surface area contributed by atoms with E-state index < -0.39 is 18.0 Å². The van der Waals surface area contributed by atoms with E-state index >= 15 is 0 Å². The van der Waals surface area contributed by atoms with Gasteiger partial charge in [0.2, 0.25) is 5.88 Å². The van der Waals surface area contributed by atoms with E-state index in [1.54, 1.807) is 6.07 Å². The van der Waals surface area contributed by atoms with Crippen LogP contribution in [-0.4, -0.2) is 35.2 Å². The second-order valence-electron chi connectivity index (χ2n) is 6.94. The van der Waals surface area contributed by atoms with Gasteiger partial charge in [-0.25, -0.2) is 9.78 Å².